The first-order chi connectivity index (χ1) is 8.12. The van der Waals surface area contributed by atoms with Crippen LogP contribution in [0.25, 0.3) is 0 Å². The van der Waals surface area contributed by atoms with Crippen LogP contribution in [-0.2, 0) is 6.18 Å². The van der Waals surface area contributed by atoms with E-state index in [1.807, 2.05) is 0 Å². The van der Waals surface area contributed by atoms with E-state index in [4.69, 9.17) is 0 Å². The molecule has 100 valence electrons. The fraction of sp³-hybridized carbons (Fsp3) is 0.300. The summed E-state index contributed by atoms with van der Waals surface area (Å²) in [6.07, 6.45) is -6.14. The lowest BCUT2D eigenvalue weighted by Gasteiger charge is -2.13. The topological polar surface area (TPSA) is 17.1 Å². The zero-order chi connectivity index (χ0) is 14.2. The summed E-state index contributed by atoms with van der Waals surface area (Å²) >= 11 is 0. The second kappa shape index (κ2) is 4.58. The lowest BCUT2D eigenvalue weighted by Crippen LogP contribution is -2.19. The van der Waals surface area contributed by atoms with Crippen molar-refractivity contribution in [1.29, 1.82) is 0 Å². The molecule has 0 spiro atoms. The molecule has 0 atom stereocenters. The van der Waals surface area contributed by atoms with Gasteiger partial charge in [0.25, 0.3) is 0 Å². The smallest absolute Gasteiger partial charge is 0.294 e. The predicted octanol–water partition coefficient (Wildman–Crippen LogP) is 3.85. The summed E-state index contributed by atoms with van der Waals surface area (Å²) in [6.45, 7) is 1.11. The lowest BCUT2D eigenvalue weighted by atomic mass is 10.0. The monoisotopic (exact) mass is 274 g/mol. The van der Waals surface area contributed by atoms with E-state index in [-0.39, 0.29) is 0 Å². The van der Waals surface area contributed by atoms with Gasteiger partial charge in [0.05, 0.1) is 5.56 Å². The fourth-order valence-corrected chi connectivity index (χ4v) is 1.30. The molecule has 1 nitrogen and oxygen atoms in total. The molecule has 1 aromatic rings. The van der Waals surface area contributed by atoms with Crippen molar-refractivity contribution < 1.29 is 35.5 Å². The van der Waals surface area contributed by atoms with Gasteiger partial charge in [0.2, 0.25) is 0 Å². The van der Waals surface area contributed by atoms with E-state index in [9.17, 15) is 35.5 Å². The minimum absolute atomic E-state index is 0.559. The molecule has 1 aromatic carbocycles. The quantitative estimate of drug-likeness (QED) is 0.346. The van der Waals surface area contributed by atoms with Crippen LogP contribution < -0.4 is 0 Å². The van der Waals surface area contributed by atoms with E-state index < -0.39 is 52.8 Å². The maximum Gasteiger partial charge on any atom is 0.422 e. The number of halogens is 7. The summed E-state index contributed by atoms with van der Waals surface area (Å²) < 4.78 is 89.0. The van der Waals surface area contributed by atoms with Crippen LogP contribution >= 0.6 is 0 Å². The van der Waals surface area contributed by atoms with Crippen LogP contribution in [0.3, 0.4) is 0 Å². The zero-order valence-electron chi connectivity index (χ0n) is 8.76. The summed E-state index contributed by atoms with van der Waals surface area (Å²) in [4.78, 5) is 11.1. The van der Waals surface area contributed by atoms with Crippen molar-refractivity contribution in [2.24, 2.45) is 0 Å². The molecule has 0 heterocycles. The van der Waals surface area contributed by atoms with E-state index in [0.29, 0.717) is 0 Å². The van der Waals surface area contributed by atoms with Gasteiger partial charge in [-0.15, -0.1) is 0 Å². The Balaban J connectivity index is 3.77. The number of ketones is 1. The van der Waals surface area contributed by atoms with Crippen molar-refractivity contribution in [3.8, 4) is 0 Å². The number of benzene rings is 1. The SMILES string of the molecule is CCC(=O)c1c(F)c(F)c(F)c(C(F)(F)F)c1F. The number of carbonyl (C=O) groups excluding carboxylic acids is 1. The second-order valence-corrected chi connectivity index (χ2v) is 3.28. The first-order valence-corrected chi connectivity index (χ1v) is 4.59. The minimum atomic E-state index is -5.58. The van der Waals surface area contributed by atoms with Crippen LogP contribution in [0.15, 0.2) is 0 Å². The molecule has 0 aromatic heterocycles. The van der Waals surface area contributed by atoms with Gasteiger partial charge >= 0.3 is 6.18 Å². The van der Waals surface area contributed by atoms with E-state index in [1.165, 1.54) is 0 Å². The van der Waals surface area contributed by atoms with Crippen molar-refractivity contribution in [3.05, 3.63) is 34.4 Å². The van der Waals surface area contributed by atoms with Crippen LogP contribution in [0, 0.1) is 23.3 Å². The van der Waals surface area contributed by atoms with Crippen molar-refractivity contribution in [2.45, 2.75) is 19.5 Å². The minimum Gasteiger partial charge on any atom is -0.294 e. The Labute approximate surface area is 96.2 Å². The fourth-order valence-electron chi connectivity index (χ4n) is 1.30. The third kappa shape index (κ3) is 2.19. The molecule has 0 saturated carbocycles. The van der Waals surface area contributed by atoms with Gasteiger partial charge in [-0.2, -0.15) is 13.2 Å². The standard InChI is InChI=1S/C10H5F7O/c1-2-3(18)4-6(11)5(10(15,16)17)8(13)9(14)7(4)12/h2H2,1H3. The van der Waals surface area contributed by atoms with Gasteiger partial charge in [-0.05, 0) is 0 Å². The highest BCUT2D eigenvalue weighted by Gasteiger charge is 2.43. The Bertz CT molecular complexity index is 504. The highest BCUT2D eigenvalue weighted by molar-refractivity contribution is 5.96. The van der Waals surface area contributed by atoms with Crippen molar-refractivity contribution in [1.82, 2.24) is 0 Å². The Morgan fingerprint density at radius 2 is 1.44 bits per heavy atom. The third-order valence-corrected chi connectivity index (χ3v) is 2.15. The van der Waals surface area contributed by atoms with E-state index in [2.05, 4.69) is 0 Å². The van der Waals surface area contributed by atoms with Gasteiger partial charge in [0.15, 0.2) is 29.1 Å². The highest BCUT2D eigenvalue weighted by atomic mass is 19.4. The summed E-state index contributed by atoms with van der Waals surface area (Å²) in [5, 5.41) is 0. The maximum atomic E-state index is 13.3. The van der Waals surface area contributed by atoms with Crippen LogP contribution in [0.4, 0.5) is 30.7 Å². The average molecular weight is 274 g/mol. The number of alkyl halides is 3. The first-order valence-electron chi connectivity index (χ1n) is 4.59. The van der Waals surface area contributed by atoms with Crippen LogP contribution in [0.2, 0.25) is 0 Å². The number of rotatable bonds is 2. The largest absolute Gasteiger partial charge is 0.422 e. The molecule has 18 heavy (non-hydrogen) atoms. The molecule has 1 rings (SSSR count). The number of hydrogen-bond donors (Lipinski definition) is 0. The number of Topliss-reactive ketones (excluding diaryl/α,β-unsaturated/α-hetero) is 1. The molecule has 0 aliphatic rings. The molecule has 0 radical (unpaired) electrons. The summed E-state index contributed by atoms with van der Waals surface area (Å²) in [6, 6.07) is 0. The predicted molar refractivity (Wildman–Crippen MR) is 45.9 cm³/mol. The van der Waals surface area contributed by atoms with E-state index in [0.717, 1.165) is 6.92 Å². The molecule has 0 aliphatic carbocycles. The molecule has 0 unspecified atom stereocenters. The van der Waals surface area contributed by atoms with Gasteiger partial charge in [-0.25, -0.2) is 17.6 Å². The Hall–Kier alpha value is -1.60. The number of carbonyl (C=O) groups is 1. The summed E-state index contributed by atoms with van der Waals surface area (Å²) in [7, 11) is 0. The van der Waals surface area contributed by atoms with Crippen LogP contribution in [0.5, 0.6) is 0 Å². The molecule has 8 heteroatoms. The Morgan fingerprint density at radius 1 is 0.944 bits per heavy atom. The molecular weight excluding hydrogens is 269 g/mol. The molecule has 0 fully saturated rings. The molecular formula is C10H5F7O. The van der Waals surface area contributed by atoms with Crippen molar-refractivity contribution in [3.63, 3.8) is 0 Å². The summed E-state index contributed by atoms with van der Waals surface area (Å²) in [5.41, 5.74) is -4.33. The van der Waals surface area contributed by atoms with Crippen molar-refractivity contribution in [2.75, 3.05) is 0 Å². The third-order valence-electron chi connectivity index (χ3n) is 2.15. The normalized spacial score (nSPS) is 11.8. The average Bonchev–Trinajstić information content (AvgIpc) is 2.24. The van der Waals surface area contributed by atoms with Gasteiger partial charge in [-0.1, -0.05) is 6.92 Å². The van der Waals surface area contributed by atoms with Crippen LogP contribution in [-0.4, -0.2) is 5.78 Å². The Morgan fingerprint density at radius 3 is 1.83 bits per heavy atom. The van der Waals surface area contributed by atoms with Crippen LogP contribution in [0.1, 0.15) is 29.3 Å². The van der Waals surface area contributed by atoms with E-state index >= 15 is 0 Å². The highest BCUT2D eigenvalue weighted by Crippen LogP contribution is 2.37. The molecule has 0 N–H and O–H groups in total. The number of hydrogen-bond acceptors (Lipinski definition) is 1. The molecule has 0 aliphatic heterocycles. The Kier molecular flexibility index (Phi) is 3.68. The first kappa shape index (κ1) is 14.5. The second-order valence-electron chi connectivity index (χ2n) is 3.28. The summed E-state index contributed by atoms with van der Waals surface area (Å²) in [5.74, 6) is -11.3. The van der Waals surface area contributed by atoms with E-state index in [1.54, 1.807) is 0 Å². The van der Waals surface area contributed by atoms with Gasteiger partial charge in [0.1, 0.15) is 5.56 Å². The van der Waals surface area contributed by atoms with Crippen molar-refractivity contribution >= 4 is 5.78 Å². The molecule has 0 amide bonds. The zero-order valence-corrected chi connectivity index (χ0v) is 8.76. The van der Waals surface area contributed by atoms with Gasteiger partial charge in [-0.3, -0.25) is 4.79 Å². The molecule has 0 saturated heterocycles. The maximum absolute atomic E-state index is 13.3. The van der Waals surface area contributed by atoms with Gasteiger partial charge in [0, 0.05) is 6.42 Å². The lowest BCUT2D eigenvalue weighted by molar-refractivity contribution is -0.142. The van der Waals surface area contributed by atoms with Gasteiger partial charge < -0.3 is 0 Å². The molecule has 0 bridgehead atoms.